The maximum absolute atomic E-state index is 13.7. The van der Waals surface area contributed by atoms with Gasteiger partial charge in [0.2, 0.25) is 0 Å². The van der Waals surface area contributed by atoms with Crippen molar-refractivity contribution >= 4 is 20.0 Å². The zero-order valence-corrected chi connectivity index (χ0v) is 14.7. The van der Waals surface area contributed by atoms with Gasteiger partial charge < -0.3 is 14.1 Å². The van der Waals surface area contributed by atoms with Crippen LogP contribution in [0.2, 0.25) is 19.6 Å². The Hall–Kier alpha value is -1.40. The third-order valence-corrected chi connectivity index (χ3v) is 4.72. The van der Waals surface area contributed by atoms with Crippen LogP contribution in [0.15, 0.2) is 18.2 Å². The predicted molar refractivity (Wildman–Crippen MR) is 87.4 cm³/mol. The number of halogens is 1. The number of hydrogen-bond acceptors (Lipinski definition) is 4. The molecule has 1 heterocycles. The van der Waals surface area contributed by atoms with Gasteiger partial charge in [-0.05, 0) is 50.7 Å². The van der Waals surface area contributed by atoms with Gasteiger partial charge in [-0.1, -0.05) is 0 Å². The Morgan fingerprint density at radius 3 is 2.45 bits per heavy atom. The molecular weight excluding hydrogens is 301 g/mol. The standard InChI is InChI=1S/C16H24FNO3Si/c1-20-16(19)14-11-12(5-6-15(14)17)18-9-7-13(8-10-18)21-22(2,3)4/h5-6,11,13H,7-10H2,1-4H3. The monoisotopic (exact) mass is 325 g/mol. The molecular formula is C16H24FNO3Si. The quantitative estimate of drug-likeness (QED) is 0.628. The van der Waals surface area contributed by atoms with Crippen LogP contribution in [-0.4, -0.2) is 40.6 Å². The lowest BCUT2D eigenvalue weighted by Crippen LogP contribution is -2.41. The summed E-state index contributed by atoms with van der Waals surface area (Å²) >= 11 is 0. The average Bonchev–Trinajstić information content (AvgIpc) is 2.46. The molecule has 1 aromatic rings. The highest BCUT2D eigenvalue weighted by Crippen LogP contribution is 2.25. The lowest BCUT2D eigenvalue weighted by molar-refractivity contribution is 0.0595. The van der Waals surface area contributed by atoms with Gasteiger partial charge in [-0.3, -0.25) is 0 Å². The van der Waals surface area contributed by atoms with Crippen LogP contribution in [0.4, 0.5) is 10.1 Å². The van der Waals surface area contributed by atoms with E-state index in [1.807, 2.05) is 0 Å². The molecule has 0 bridgehead atoms. The maximum atomic E-state index is 13.7. The van der Waals surface area contributed by atoms with Crippen molar-refractivity contribution in [2.45, 2.75) is 38.6 Å². The Morgan fingerprint density at radius 2 is 1.91 bits per heavy atom. The molecule has 1 aliphatic heterocycles. The van der Waals surface area contributed by atoms with Crippen LogP contribution in [0.3, 0.4) is 0 Å². The van der Waals surface area contributed by atoms with Crippen molar-refractivity contribution < 1.29 is 18.3 Å². The summed E-state index contributed by atoms with van der Waals surface area (Å²) in [6, 6.07) is 4.61. The van der Waals surface area contributed by atoms with Crippen molar-refractivity contribution in [1.82, 2.24) is 0 Å². The highest BCUT2D eigenvalue weighted by Gasteiger charge is 2.26. The van der Waals surface area contributed by atoms with Crippen molar-refractivity contribution in [2.24, 2.45) is 0 Å². The minimum absolute atomic E-state index is 0.0135. The lowest BCUT2D eigenvalue weighted by atomic mass is 10.1. The van der Waals surface area contributed by atoms with Gasteiger partial charge in [-0.2, -0.15) is 0 Å². The summed E-state index contributed by atoms with van der Waals surface area (Å²) in [5.41, 5.74) is 0.841. The minimum atomic E-state index is -1.51. The lowest BCUT2D eigenvalue weighted by Gasteiger charge is -2.36. The average molecular weight is 325 g/mol. The van der Waals surface area contributed by atoms with Gasteiger partial charge in [-0.25, -0.2) is 9.18 Å². The zero-order chi connectivity index (χ0) is 16.3. The number of anilines is 1. The predicted octanol–water partition coefficient (Wildman–Crippen LogP) is 3.43. The first-order valence-electron chi connectivity index (χ1n) is 7.61. The molecule has 0 radical (unpaired) electrons. The smallest absolute Gasteiger partial charge is 0.340 e. The van der Waals surface area contributed by atoms with E-state index in [2.05, 4.69) is 29.3 Å². The molecule has 0 saturated carbocycles. The van der Waals surface area contributed by atoms with Crippen molar-refractivity contribution in [2.75, 3.05) is 25.1 Å². The summed E-state index contributed by atoms with van der Waals surface area (Å²) < 4.78 is 24.4. The van der Waals surface area contributed by atoms with E-state index >= 15 is 0 Å². The first-order chi connectivity index (χ1) is 10.3. The fraction of sp³-hybridized carbons (Fsp3) is 0.562. The number of nitrogens with zero attached hydrogens (tertiary/aromatic N) is 1. The second-order valence-electron chi connectivity index (χ2n) is 6.57. The maximum Gasteiger partial charge on any atom is 0.340 e. The fourth-order valence-corrected chi connectivity index (χ4v) is 3.94. The molecule has 0 aromatic heterocycles. The number of carbonyl (C=O) groups excluding carboxylic acids is 1. The van der Waals surface area contributed by atoms with E-state index in [0.717, 1.165) is 31.6 Å². The first kappa shape index (κ1) is 17.0. The van der Waals surface area contributed by atoms with E-state index in [9.17, 15) is 9.18 Å². The van der Waals surface area contributed by atoms with Crippen molar-refractivity contribution in [3.8, 4) is 0 Å². The number of carbonyl (C=O) groups is 1. The number of esters is 1. The third kappa shape index (κ3) is 4.30. The topological polar surface area (TPSA) is 38.8 Å². The van der Waals surface area contributed by atoms with Gasteiger partial charge in [-0.15, -0.1) is 0 Å². The summed E-state index contributed by atoms with van der Waals surface area (Å²) in [4.78, 5) is 13.7. The fourth-order valence-electron chi connectivity index (χ4n) is 2.71. The molecule has 1 fully saturated rings. The highest BCUT2D eigenvalue weighted by molar-refractivity contribution is 6.69. The Morgan fingerprint density at radius 1 is 1.27 bits per heavy atom. The molecule has 0 N–H and O–H groups in total. The number of benzene rings is 1. The van der Waals surface area contributed by atoms with Gasteiger partial charge in [0.05, 0.1) is 12.7 Å². The molecule has 0 amide bonds. The van der Waals surface area contributed by atoms with E-state index in [4.69, 9.17) is 4.43 Å². The van der Waals surface area contributed by atoms with Crippen molar-refractivity contribution in [3.63, 3.8) is 0 Å². The molecule has 0 spiro atoms. The molecule has 4 nitrogen and oxygen atoms in total. The van der Waals surface area contributed by atoms with E-state index < -0.39 is 20.1 Å². The SMILES string of the molecule is COC(=O)c1cc(N2CCC(O[Si](C)(C)C)CC2)ccc1F. The van der Waals surface area contributed by atoms with Gasteiger partial charge in [0.15, 0.2) is 8.32 Å². The third-order valence-electron chi connectivity index (χ3n) is 3.68. The summed E-state index contributed by atoms with van der Waals surface area (Å²) in [5, 5.41) is 0. The van der Waals surface area contributed by atoms with Gasteiger partial charge in [0.25, 0.3) is 0 Å². The molecule has 1 saturated heterocycles. The Kier molecular flexibility index (Phi) is 5.23. The number of piperidine rings is 1. The largest absolute Gasteiger partial charge is 0.465 e. The Balaban J connectivity index is 2.04. The molecule has 2 rings (SSSR count). The van der Waals surface area contributed by atoms with E-state index in [0.29, 0.717) is 6.10 Å². The molecule has 1 aliphatic rings. The molecule has 0 aliphatic carbocycles. The van der Waals surface area contributed by atoms with Crippen LogP contribution in [0.25, 0.3) is 0 Å². The second kappa shape index (κ2) is 6.79. The molecule has 22 heavy (non-hydrogen) atoms. The zero-order valence-electron chi connectivity index (χ0n) is 13.7. The number of methoxy groups -OCH3 is 1. The normalized spacial score (nSPS) is 16.7. The number of hydrogen-bond donors (Lipinski definition) is 0. The van der Waals surface area contributed by atoms with Crippen LogP contribution in [0, 0.1) is 5.82 Å². The van der Waals surface area contributed by atoms with E-state index in [1.54, 1.807) is 12.1 Å². The van der Waals surface area contributed by atoms with Crippen molar-refractivity contribution in [3.05, 3.63) is 29.6 Å². The summed E-state index contributed by atoms with van der Waals surface area (Å²) in [6.45, 7) is 8.29. The van der Waals surface area contributed by atoms with Gasteiger partial charge in [0, 0.05) is 24.9 Å². The van der Waals surface area contributed by atoms with E-state index in [-0.39, 0.29) is 5.56 Å². The molecule has 0 unspecified atom stereocenters. The number of ether oxygens (including phenoxy) is 1. The van der Waals surface area contributed by atoms with Crippen molar-refractivity contribution in [1.29, 1.82) is 0 Å². The molecule has 0 atom stereocenters. The number of rotatable bonds is 4. The molecule has 1 aromatic carbocycles. The van der Waals surface area contributed by atoms with Crippen LogP contribution in [0.1, 0.15) is 23.2 Å². The first-order valence-corrected chi connectivity index (χ1v) is 11.0. The Labute approximate surface area is 132 Å². The van der Waals surface area contributed by atoms with Crippen LogP contribution < -0.4 is 4.90 Å². The summed E-state index contributed by atoms with van der Waals surface area (Å²) in [5.74, 6) is -1.19. The van der Waals surface area contributed by atoms with Gasteiger partial charge in [0.1, 0.15) is 5.82 Å². The summed E-state index contributed by atoms with van der Waals surface area (Å²) in [7, 11) is -0.254. The van der Waals surface area contributed by atoms with Crippen LogP contribution in [-0.2, 0) is 9.16 Å². The van der Waals surface area contributed by atoms with Gasteiger partial charge >= 0.3 is 5.97 Å². The van der Waals surface area contributed by atoms with Crippen LogP contribution in [0.5, 0.6) is 0 Å². The second-order valence-corrected chi connectivity index (χ2v) is 11.0. The van der Waals surface area contributed by atoms with E-state index in [1.165, 1.54) is 13.2 Å². The van der Waals surface area contributed by atoms with Crippen LogP contribution >= 0.6 is 0 Å². The summed E-state index contributed by atoms with van der Waals surface area (Å²) in [6.07, 6.45) is 2.22. The highest BCUT2D eigenvalue weighted by atomic mass is 28.4. The minimum Gasteiger partial charge on any atom is -0.465 e. The molecule has 6 heteroatoms. The molecule has 122 valence electrons. The Bertz CT molecular complexity index is 537.